The van der Waals surface area contributed by atoms with E-state index >= 15 is 0 Å². The number of carbonyl (C=O) groups is 2. The highest BCUT2D eigenvalue weighted by Crippen LogP contribution is 2.16. The fraction of sp³-hybridized carbons (Fsp3) is 0.263. The summed E-state index contributed by atoms with van der Waals surface area (Å²) in [5.41, 5.74) is 0.698. The molecule has 0 aliphatic carbocycles. The van der Waals surface area contributed by atoms with Crippen LogP contribution in [0.5, 0.6) is 0 Å². The number of aliphatic hydroxyl groups excluding tert-OH is 1. The van der Waals surface area contributed by atoms with Crippen molar-refractivity contribution < 1.29 is 32.8 Å². The maximum absolute atomic E-state index is 12.4. The summed E-state index contributed by atoms with van der Waals surface area (Å²) in [5.74, 6) is -2.65. The Kier molecular flexibility index (Phi) is 9.29. The number of aliphatic hydroxyl groups is 1. The molecule has 0 radical (unpaired) electrons. The van der Waals surface area contributed by atoms with Crippen molar-refractivity contribution in [2.24, 2.45) is 0 Å². The van der Waals surface area contributed by atoms with E-state index in [1.807, 2.05) is 0 Å². The molecular formula is C19H21ClN2O7S2. The van der Waals surface area contributed by atoms with Gasteiger partial charge in [0.25, 0.3) is 5.91 Å². The maximum atomic E-state index is 12.4. The number of carboxylic acid groups (broad SMARTS) is 1. The Morgan fingerprint density at radius 1 is 1.16 bits per heavy atom. The molecule has 2 rings (SSSR count). The summed E-state index contributed by atoms with van der Waals surface area (Å²) in [7, 11) is -3.70. The Labute approximate surface area is 187 Å². The Balaban J connectivity index is 1.93. The lowest BCUT2D eigenvalue weighted by atomic mass is 10.2. The number of carboxylic acids is 1. The van der Waals surface area contributed by atoms with Crippen LogP contribution < -0.4 is 10.0 Å². The molecule has 0 aromatic heterocycles. The molecule has 12 heteroatoms. The molecule has 168 valence electrons. The van der Waals surface area contributed by atoms with Gasteiger partial charge in [-0.1, -0.05) is 23.7 Å². The monoisotopic (exact) mass is 488 g/mol. The van der Waals surface area contributed by atoms with Crippen molar-refractivity contribution >= 4 is 44.7 Å². The van der Waals surface area contributed by atoms with Crippen molar-refractivity contribution in [2.45, 2.75) is 22.3 Å². The highest BCUT2D eigenvalue weighted by molar-refractivity contribution is 7.92. The van der Waals surface area contributed by atoms with Gasteiger partial charge in [0.05, 0.1) is 11.5 Å². The maximum Gasteiger partial charge on any atom is 0.328 e. The van der Waals surface area contributed by atoms with E-state index in [9.17, 15) is 22.6 Å². The van der Waals surface area contributed by atoms with Crippen LogP contribution in [0, 0.1) is 0 Å². The molecule has 0 saturated heterocycles. The Morgan fingerprint density at radius 3 is 2.45 bits per heavy atom. The smallest absolute Gasteiger partial charge is 0.328 e. The average molecular weight is 489 g/mol. The number of amides is 1. The lowest BCUT2D eigenvalue weighted by Gasteiger charge is -2.14. The molecule has 1 amide bonds. The first-order valence-electron chi connectivity index (χ1n) is 8.98. The van der Waals surface area contributed by atoms with Gasteiger partial charge in [-0.3, -0.25) is 4.79 Å². The Bertz CT molecular complexity index is 1020. The number of halogens is 1. The van der Waals surface area contributed by atoms with Gasteiger partial charge < -0.3 is 20.1 Å². The molecule has 0 aliphatic heterocycles. The summed E-state index contributed by atoms with van der Waals surface area (Å²) in [5, 5.41) is 20.3. The highest BCUT2D eigenvalue weighted by atomic mass is 35.5. The van der Waals surface area contributed by atoms with E-state index in [0.717, 1.165) is 0 Å². The molecule has 9 nitrogen and oxygen atoms in total. The fourth-order valence-corrected chi connectivity index (χ4v) is 4.65. The third-order valence-electron chi connectivity index (χ3n) is 4.07. The van der Waals surface area contributed by atoms with Crippen molar-refractivity contribution in [1.82, 2.24) is 10.0 Å². The van der Waals surface area contributed by atoms with Gasteiger partial charge in [-0.25, -0.2) is 17.9 Å². The quantitative estimate of drug-likeness (QED) is 0.336. The van der Waals surface area contributed by atoms with Gasteiger partial charge in [0, 0.05) is 11.6 Å². The fourth-order valence-electron chi connectivity index (χ4n) is 2.49. The molecule has 0 heterocycles. The largest absolute Gasteiger partial charge is 0.611 e. The van der Waals surface area contributed by atoms with Crippen LogP contribution >= 0.6 is 11.6 Å². The zero-order valence-electron chi connectivity index (χ0n) is 16.2. The van der Waals surface area contributed by atoms with E-state index in [-0.39, 0.29) is 11.4 Å². The molecule has 0 bridgehead atoms. The van der Waals surface area contributed by atoms with Crippen molar-refractivity contribution in [1.29, 1.82) is 0 Å². The summed E-state index contributed by atoms with van der Waals surface area (Å²) in [6.07, 6.45) is 0.315. The van der Waals surface area contributed by atoms with E-state index in [1.54, 1.807) is 24.3 Å². The van der Waals surface area contributed by atoms with E-state index < -0.39 is 51.5 Å². The van der Waals surface area contributed by atoms with E-state index in [0.29, 0.717) is 21.9 Å². The normalized spacial score (nSPS) is 13.4. The Morgan fingerprint density at radius 2 is 1.84 bits per heavy atom. The first kappa shape index (κ1) is 25.1. The Hall–Kier alpha value is -2.15. The second-order valence-electron chi connectivity index (χ2n) is 6.38. The molecule has 1 unspecified atom stereocenters. The van der Waals surface area contributed by atoms with Gasteiger partial charge in [0.1, 0.15) is 0 Å². The summed E-state index contributed by atoms with van der Waals surface area (Å²) in [4.78, 5) is 23.1. The van der Waals surface area contributed by atoms with Crippen LogP contribution in [0.15, 0.2) is 58.3 Å². The first-order valence-corrected chi connectivity index (χ1v) is 12.2. The number of hydrogen-bond donors (Lipinski definition) is 4. The second-order valence-corrected chi connectivity index (χ2v) is 10.0. The topological polar surface area (TPSA) is 156 Å². The van der Waals surface area contributed by atoms with Crippen LogP contribution in [0.25, 0.3) is 0 Å². The third-order valence-corrected chi connectivity index (χ3v) is 7.10. The summed E-state index contributed by atoms with van der Waals surface area (Å²) in [6, 6.07) is 10.8. The lowest BCUT2D eigenvalue weighted by molar-refractivity contribution is -0.142. The molecule has 2 atom stereocenters. The minimum absolute atomic E-state index is 0.0836. The van der Waals surface area contributed by atoms with Crippen molar-refractivity contribution in [2.75, 3.05) is 18.9 Å². The molecule has 0 spiro atoms. The second kappa shape index (κ2) is 11.5. The highest BCUT2D eigenvalue weighted by Gasteiger charge is 2.23. The number of sulfonamides is 1. The van der Waals surface area contributed by atoms with Crippen LogP contribution in [-0.2, 0) is 37.2 Å². The van der Waals surface area contributed by atoms with Gasteiger partial charge in [0.15, 0.2) is 16.7 Å². The van der Waals surface area contributed by atoms with Crippen LogP contribution in [0.2, 0.25) is 5.02 Å². The first-order chi connectivity index (χ1) is 14.6. The minimum Gasteiger partial charge on any atom is -0.611 e. The molecule has 31 heavy (non-hydrogen) atoms. The molecular weight excluding hydrogens is 468 g/mol. The molecule has 0 fully saturated rings. The third kappa shape index (κ3) is 7.80. The predicted octanol–water partition coefficient (Wildman–Crippen LogP) is 0.530. The predicted molar refractivity (Wildman–Crippen MR) is 115 cm³/mol. The number of rotatable bonds is 11. The molecule has 0 saturated carbocycles. The summed E-state index contributed by atoms with van der Waals surface area (Å²) >= 11 is 4.01. The van der Waals surface area contributed by atoms with Gasteiger partial charge in [-0.05, 0) is 59.6 Å². The standard InChI is InChI=1S/C19H21ClN2O7S2/c20-14-4-6-16(7-5-14)31(28,29)21-9-8-13-2-1-3-15(10-13)30(27)12-18(24)22-17(11-23)19(25)26/h1-7,10,17,21,23H,8-9,11-12H2,(H,22,24)(H,25,26)/t17-,30?/m0/s1. The SMILES string of the molecule is O=C(C[S+]([O-])c1cccc(CCNS(=O)(=O)c2ccc(Cl)cc2)c1)N[C@@H](CO)C(=O)O. The van der Waals surface area contributed by atoms with Crippen molar-refractivity contribution in [3.63, 3.8) is 0 Å². The number of aliphatic carboxylic acids is 1. The summed E-state index contributed by atoms with van der Waals surface area (Å²) in [6.45, 7) is -0.687. The number of hydrogen-bond acceptors (Lipinski definition) is 6. The van der Waals surface area contributed by atoms with E-state index in [4.69, 9.17) is 21.8 Å². The zero-order valence-corrected chi connectivity index (χ0v) is 18.5. The number of benzene rings is 2. The number of nitrogens with one attached hydrogen (secondary N) is 2. The van der Waals surface area contributed by atoms with E-state index in [2.05, 4.69) is 10.0 Å². The van der Waals surface area contributed by atoms with Gasteiger partial charge in [-0.2, -0.15) is 0 Å². The van der Waals surface area contributed by atoms with Gasteiger partial charge >= 0.3 is 5.97 Å². The van der Waals surface area contributed by atoms with Gasteiger partial charge in [-0.15, -0.1) is 0 Å². The van der Waals surface area contributed by atoms with Crippen LogP contribution in [0.4, 0.5) is 0 Å². The average Bonchev–Trinajstić information content (AvgIpc) is 2.72. The van der Waals surface area contributed by atoms with Gasteiger partial charge in [0.2, 0.25) is 10.0 Å². The van der Waals surface area contributed by atoms with Crippen LogP contribution in [0.3, 0.4) is 0 Å². The van der Waals surface area contributed by atoms with Crippen LogP contribution in [0.1, 0.15) is 5.56 Å². The molecule has 2 aromatic carbocycles. The lowest BCUT2D eigenvalue weighted by Crippen LogP contribution is -2.45. The van der Waals surface area contributed by atoms with Crippen molar-refractivity contribution in [3.8, 4) is 0 Å². The van der Waals surface area contributed by atoms with E-state index in [1.165, 1.54) is 24.3 Å². The minimum atomic E-state index is -3.70. The van der Waals surface area contributed by atoms with Crippen LogP contribution in [-0.4, -0.2) is 60.0 Å². The molecule has 2 aromatic rings. The number of carbonyl (C=O) groups excluding carboxylic acids is 1. The molecule has 4 N–H and O–H groups in total. The summed E-state index contributed by atoms with van der Waals surface area (Å²) < 4.78 is 39.5. The van der Waals surface area contributed by atoms with Crippen molar-refractivity contribution in [3.05, 3.63) is 59.1 Å². The zero-order chi connectivity index (χ0) is 23.0. The molecule has 0 aliphatic rings.